The molecule has 3 unspecified atom stereocenters. The number of carbonyl (C=O) groups excluding carboxylic acids is 2. The van der Waals surface area contributed by atoms with Crippen molar-refractivity contribution >= 4 is 11.8 Å². The maximum Gasteiger partial charge on any atom is 0.246 e. The molecule has 1 N–H and O–H groups in total. The van der Waals surface area contributed by atoms with Crippen LogP contribution in [0.1, 0.15) is 60.3 Å². The highest BCUT2D eigenvalue weighted by Gasteiger charge is 2.49. The van der Waals surface area contributed by atoms with E-state index in [1.807, 2.05) is 25.7 Å². The summed E-state index contributed by atoms with van der Waals surface area (Å²) in [5, 5.41) is 2.97. The van der Waals surface area contributed by atoms with Crippen molar-refractivity contribution in [2.24, 2.45) is 17.3 Å². The number of hydrogen-bond donors (Lipinski definition) is 1. The lowest BCUT2D eigenvalue weighted by atomic mass is 9.89. The average Bonchev–Trinajstić information content (AvgIpc) is 3.21. The number of piperazine rings is 1. The molecule has 1 saturated carbocycles. The molecular weight excluding hydrogens is 264 g/mol. The lowest BCUT2D eigenvalue weighted by Crippen LogP contribution is -2.67. The van der Waals surface area contributed by atoms with Gasteiger partial charge in [-0.25, -0.2) is 0 Å². The number of hydrogen-bond acceptors (Lipinski definition) is 2. The number of rotatable bonds is 6. The molecule has 1 heterocycles. The van der Waals surface area contributed by atoms with E-state index in [0.29, 0.717) is 0 Å². The molecule has 0 aromatic heterocycles. The monoisotopic (exact) mass is 294 g/mol. The summed E-state index contributed by atoms with van der Waals surface area (Å²) >= 11 is 0. The maximum atomic E-state index is 12.9. The number of nitrogens with one attached hydrogen (secondary N) is 1. The van der Waals surface area contributed by atoms with E-state index in [4.69, 9.17) is 0 Å². The molecule has 4 heteroatoms. The molecule has 1 aliphatic heterocycles. The molecule has 2 fully saturated rings. The molecule has 0 spiro atoms. The van der Waals surface area contributed by atoms with Crippen molar-refractivity contribution in [1.29, 1.82) is 0 Å². The van der Waals surface area contributed by atoms with Gasteiger partial charge in [-0.05, 0) is 36.5 Å². The van der Waals surface area contributed by atoms with E-state index < -0.39 is 0 Å². The van der Waals surface area contributed by atoms with Gasteiger partial charge in [0.2, 0.25) is 11.8 Å². The SMILES string of the molecule is CCC(C)C1NC(=O)C(C(C)C)N(CC2(CC)CC2)C1=O. The lowest BCUT2D eigenvalue weighted by molar-refractivity contribution is -0.153. The second-order valence-corrected chi connectivity index (χ2v) is 7.38. The van der Waals surface area contributed by atoms with Crippen LogP contribution in [0.2, 0.25) is 0 Å². The zero-order valence-corrected chi connectivity index (χ0v) is 14.1. The van der Waals surface area contributed by atoms with Gasteiger partial charge in [0.25, 0.3) is 0 Å². The van der Waals surface area contributed by atoms with E-state index in [9.17, 15) is 9.59 Å². The largest absolute Gasteiger partial charge is 0.342 e. The van der Waals surface area contributed by atoms with Gasteiger partial charge < -0.3 is 10.2 Å². The smallest absolute Gasteiger partial charge is 0.246 e. The van der Waals surface area contributed by atoms with Crippen LogP contribution >= 0.6 is 0 Å². The fraction of sp³-hybridized carbons (Fsp3) is 0.882. The Kier molecular flexibility index (Phi) is 4.64. The van der Waals surface area contributed by atoms with Crippen molar-refractivity contribution in [3.63, 3.8) is 0 Å². The van der Waals surface area contributed by atoms with E-state index in [0.717, 1.165) is 19.4 Å². The van der Waals surface area contributed by atoms with Crippen LogP contribution in [0.5, 0.6) is 0 Å². The average molecular weight is 294 g/mol. The van der Waals surface area contributed by atoms with Crippen LogP contribution in [0.15, 0.2) is 0 Å². The molecule has 120 valence electrons. The van der Waals surface area contributed by atoms with Crippen LogP contribution < -0.4 is 5.32 Å². The number of carbonyl (C=O) groups is 2. The highest BCUT2D eigenvalue weighted by atomic mass is 16.2. The van der Waals surface area contributed by atoms with E-state index in [1.165, 1.54) is 12.8 Å². The molecule has 1 aliphatic carbocycles. The molecule has 1 saturated heterocycles. The van der Waals surface area contributed by atoms with Crippen molar-refractivity contribution in [3.05, 3.63) is 0 Å². The first-order chi connectivity index (χ1) is 9.85. The predicted octanol–water partition coefficient (Wildman–Crippen LogP) is 2.57. The summed E-state index contributed by atoms with van der Waals surface area (Å²) in [5.41, 5.74) is 0.278. The molecule has 3 atom stereocenters. The third-order valence-electron chi connectivity index (χ3n) is 5.51. The Balaban J connectivity index is 2.24. The van der Waals surface area contributed by atoms with E-state index in [2.05, 4.69) is 19.2 Å². The topological polar surface area (TPSA) is 49.4 Å². The van der Waals surface area contributed by atoms with Gasteiger partial charge in [0.05, 0.1) is 0 Å². The Bertz CT molecular complexity index is 415. The van der Waals surface area contributed by atoms with Gasteiger partial charge in [0.15, 0.2) is 0 Å². The van der Waals surface area contributed by atoms with Gasteiger partial charge in [-0.3, -0.25) is 9.59 Å². The number of nitrogens with zero attached hydrogens (tertiary/aromatic N) is 1. The second kappa shape index (κ2) is 5.98. The van der Waals surface area contributed by atoms with Crippen molar-refractivity contribution in [3.8, 4) is 0 Å². The van der Waals surface area contributed by atoms with Crippen molar-refractivity contribution < 1.29 is 9.59 Å². The summed E-state index contributed by atoms with van der Waals surface area (Å²) in [6, 6.07) is -0.646. The van der Waals surface area contributed by atoms with E-state index >= 15 is 0 Å². The third kappa shape index (κ3) is 3.09. The summed E-state index contributed by atoms with van der Waals surface area (Å²) < 4.78 is 0. The first-order valence-electron chi connectivity index (χ1n) is 8.46. The zero-order chi connectivity index (χ0) is 15.8. The lowest BCUT2D eigenvalue weighted by Gasteiger charge is -2.43. The Morgan fingerprint density at radius 1 is 1.24 bits per heavy atom. The third-order valence-corrected chi connectivity index (χ3v) is 5.51. The van der Waals surface area contributed by atoms with Crippen LogP contribution in [-0.2, 0) is 9.59 Å². The molecule has 0 bridgehead atoms. The normalized spacial score (nSPS) is 29.5. The van der Waals surface area contributed by atoms with Gasteiger partial charge in [-0.2, -0.15) is 0 Å². The molecule has 21 heavy (non-hydrogen) atoms. The minimum atomic E-state index is -0.342. The van der Waals surface area contributed by atoms with E-state index in [-0.39, 0.29) is 41.1 Å². The molecule has 0 aromatic rings. The highest BCUT2D eigenvalue weighted by molar-refractivity contribution is 5.97. The zero-order valence-electron chi connectivity index (χ0n) is 14.1. The first-order valence-corrected chi connectivity index (χ1v) is 8.46. The molecule has 2 rings (SSSR count). The minimum Gasteiger partial charge on any atom is -0.342 e. The summed E-state index contributed by atoms with van der Waals surface area (Å²) in [5.74, 6) is 0.498. The standard InChI is InChI=1S/C17H30N2O2/c1-6-12(5)13-16(21)19(10-17(7-2)8-9-17)14(11(3)4)15(20)18-13/h11-14H,6-10H2,1-5H3,(H,18,20). The molecule has 2 amide bonds. The molecule has 0 radical (unpaired) electrons. The first kappa shape index (κ1) is 16.3. The van der Waals surface area contributed by atoms with Gasteiger partial charge in [-0.15, -0.1) is 0 Å². The number of amides is 2. The highest BCUT2D eigenvalue weighted by Crippen LogP contribution is 2.49. The van der Waals surface area contributed by atoms with Gasteiger partial charge in [0.1, 0.15) is 12.1 Å². The molecule has 4 nitrogen and oxygen atoms in total. The van der Waals surface area contributed by atoms with Crippen LogP contribution in [0.3, 0.4) is 0 Å². The quantitative estimate of drug-likeness (QED) is 0.818. The summed E-state index contributed by atoms with van der Waals surface area (Å²) in [6.45, 7) is 11.1. The fourth-order valence-electron chi connectivity index (χ4n) is 3.38. The minimum absolute atomic E-state index is 0.0294. The molecule has 0 aromatic carbocycles. The van der Waals surface area contributed by atoms with Crippen LogP contribution in [0.4, 0.5) is 0 Å². The van der Waals surface area contributed by atoms with Crippen LogP contribution in [0.25, 0.3) is 0 Å². The molecular formula is C17H30N2O2. The summed E-state index contributed by atoms with van der Waals surface area (Å²) in [6.07, 6.45) is 4.37. The fourth-order valence-corrected chi connectivity index (χ4v) is 3.38. The molecule has 2 aliphatic rings. The predicted molar refractivity (Wildman–Crippen MR) is 83.7 cm³/mol. The van der Waals surface area contributed by atoms with Crippen LogP contribution in [-0.4, -0.2) is 35.3 Å². The van der Waals surface area contributed by atoms with Crippen LogP contribution in [0, 0.1) is 17.3 Å². The summed E-state index contributed by atoms with van der Waals surface area (Å²) in [4.78, 5) is 27.3. The Hall–Kier alpha value is -1.06. The maximum absolute atomic E-state index is 12.9. The van der Waals surface area contributed by atoms with E-state index in [1.54, 1.807) is 0 Å². The Morgan fingerprint density at radius 2 is 1.86 bits per heavy atom. The van der Waals surface area contributed by atoms with Gasteiger partial charge >= 0.3 is 0 Å². The van der Waals surface area contributed by atoms with Crippen molar-refractivity contribution in [2.45, 2.75) is 72.4 Å². The Labute approximate surface area is 128 Å². The second-order valence-electron chi connectivity index (χ2n) is 7.38. The van der Waals surface area contributed by atoms with Gasteiger partial charge in [-0.1, -0.05) is 41.0 Å². The summed E-state index contributed by atoms with van der Waals surface area (Å²) in [7, 11) is 0. The van der Waals surface area contributed by atoms with Crippen molar-refractivity contribution in [2.75, 3.05) is 6.54 Å². The van der Waals surface area contributed by atoms with Gasteiger partial charge in [0, 0.05) is 6.54 Å². The Morgan fingerprint density at radius 3 is 2.29 bits per heavy atom. The van der Waals surface area contributed by atoms with Crippen molar-refractivity contribution in [1.82, 2.24) is 10.2 Å².